The van der Waals surface area contributed by atoms with Crippen molar-refractivity contribution in [3.05, 3.63) is 28.8 Å². The molecule has 0 aliphatic carbocycles. The summed E-state index contributed by atoms with van der Waals surface area (Å²) < 4.78 is 40.9. The first kappa shape index (κ1) is 14.1. The Balaban J connectivity index is 2.48. The number of halogens is 4. The van der Waals surface area contributed by atoms with E-state index in [4.69, 9.17) is 22.1 Å². The third kappa shape index (κ3) is 5.28. The lowest BCUT2D eigenvalue weighted by molar-refractivity contribution is -0.136. The summed E-state index contributed by atoms with van der Waals surface area (Å²) in [5.74, 6) is 0.446. The van der Waals surface area contributed by atoms with Crippen LogP contribution in [-0.4, -0.2) is 12.8 Å². The highest BCUT2D eigenvalue weighted by atomic mass is 35.5. The number of rotatable bonds is 5. The van der Waals surface area contributed by atoms with Crippen LogP contribution in [0.2, 0.25) is 5.02 Å². The lowest BCUT2D eigenvalue weighted by atomic mass is 10.2. The van der Waals surface area contributed by atoms with E-state index in [1.165, 1.54) is 0 Å². The maximum atomic E-state index is 11.9. The summed E-state index contributed by atoms with van der Waals surface area (Å²) in [6.45, 7) is 0.249. The Hall–Kier alpha value is -0.940. The minimum atomic E-state index is -4.14. The first-order valence-corrected chi connectivity index (χ1v) is 5.48. The van der Waals surface area contributed by atoms with Gasteiger partial charge in [-0.15, -0.1) is 0 Å². The molecule has 0 atom stereocenters. The Kier molecular flexibility index (Phi) is 5.08. The van der Waals surface area contributed by atoms with Gasteiger partial charge in [0.1, 0.15) is 5.75 Å². The SMILES string of the molecule is NCc1ccc(Cl)cc1OCCCC(F)(F)F. The van der Waals surface area contributed by atoms with E-state index in [0.717, 1.165) is 5.56 Å². The Morgan fingerprint density at radius 1 is 1.29 bits per heavy atom. The summed E-state index contributed by atoms with van der Waals surface area (Å²) in [6, 6.07) is 4.91. The monoisotopic (exact) mass is 267 g/mol. The number of benzene rings is 1. The van der Waals surface area contributed by atoms with E-state index >= 15 is 0 Å². The lowest BCUT2D eigenvalue weighted by Crippen LogP contribution is -2.10. The molecule has 0 radical (unpaired) electrons. The Morgan fingerprint density at radius 3 is 2.59 bits per heavy atom. The fourth-order valence-corrected chi connectivity index (χ4v) is 1.45. The van der Waals surface area contributed by atoms with Crippen LogP contribution in [0.5, 0.6) is 5.75 Å². The maximum Gasteiger partial charge on any atom is 0.389 e. The van der Waals surface area contributed by atoms with Gasteiger partial charge in [0.05, 0.1) is 6.61 Å². The van der Waals surface area contributed by atoms with Gasteiger partial charge >= 0.3 is 6.18 Å². The first-order chi connectivity index (χ1) is 7.92. The van der Waals surface area contributed by atoms with Crippen molar-refractivity contribution in [2.45, 2.75) is 25.6 Å². The van der Waals surface area contributed by atoms with Crippen LogP contribution in [0.4, 0.5) is 13.2 Å². The van der Waals surface area contributed by atoms with Gasteiger partial charge in [-0.05, 0) is 18.6 Å². The molecule has 0 saturated carbocycles. The predicted molar refractivity (Wildman–Crippen MR) is 60.1 cm³/mol. The third-order valence-corrected chi connectivity index (χ3v) is 2.35. The van der Waals surface area contributed by atoms with Gasteiger partial charge in [-0.25, -0.2) is 0 Å². The van der Waals surface area contributed by atoms with Gasteiger partial charge in [-0.2, -0.15) is 13.2 Å². The van der Waals surface area contributed by atoms with Crippen molar-refractivity contribution in [2.75, 3.05) is 6.61 Å². The minimum Gasteiger partial charge on any atom is -0.493 e. The normalized spacial score (nSPS) is 11.6. The van der Waals surface area contributed by atoms with E-state index in [0.29, 0.717) is 10.8 Å². The number of hydrogen-bond acceptors (Lipinski definition) is 2. The van der Waals surface area contributed by atoms with E-state index in [2.05, 4.69) is 0 Å². The highest BCUT2D eigenvalue weighted by Crippen LogP contribution is 2.25. The maximum absolute atomic E-state index is 11.9. The molecule has 0 aliphatic rings. The Morgan fingerprint density at radius 2 is 2.00 bits per heavy atom. The second-order valence-corrected chi connectivity index (χ2v) is 3.96. The summed E-state index contributed by atoms with van der Waals surface area (Å²) in [6.07, 6.45) is -5.08. The van der Waals surface area contributed by atoms with Crippen LogP contribution in [-0.2, 0) is 6.54 Å². The van der Waals surface area contributed by atoms with Crippen LogP contribution in [0.15, 0.2) is 18.2 Å². The van der Waals surface area contributed by atoms with Gasteiger partial charge in [0.25, 0.3) is 0 Å². The molecule has 1 aromatic rings. The average molecular weight is 268 g/mol. The summed E-state index contributed by atoms with van der Waals surface area (Å²) >= 11 is 5.76. The number of alkyl halides is 3. The van der Waals surface area contributed by atoms with Crippen LogP contribution >= 0.6 is 11.6 Å². The molecular formula is C11H13ClF3NO. The quantitative estimate of drug-likeness (QED) is 0.829. The molecule has 0 heterocycles. The van der Waals surface area contributed by atoms with Gasteiger partial charge in [-0.1, -0.05) is 17.7 Å². The largest absolute Gasteiger partial charge is 0.493 e. The van der Waals surface area contributed by atoms with E-state index in [9.17, 15) is 13.2 Å². The van der Waals surface area contributed by atoms with E-state index in [-0.39, 0.29) is 19.6 Å². The van der Waals surface area contributed by atoms with Crippen LogP contribution in [0.25, 0.3) is 0 Å². The lowest BCUT2D eigenvalue weighted by Gasteiger charge is -2.11. The van der Waals surface area contributed by atoms with Crippen molar-refractivity contribution in [2.24, 2.45) is 5.73 Å². The van der Waals surface area contributed by atoms with E-state index in [1.807, 2.05) is 0 Å². The van der Waals surface area contributed by atoms with Gasteiger partial charge in [-0.3, -0.25) is 0 Å². The summed E-state index contributed by atoms with van der Waals surface area (Å²) in [4.78, 5) is 0. The minimum absolute atomic E-state index is 0.00709. The van der Waals surface area contributed by atoms with Crippen LogP contribution in [0.1, 0.15) is 18.4 Å². The van der Waals surface area contributed by atoms with Crippen LogP contribution in [0, 0.1) is 0 Å². The fourth-order valence-electron chi connectivity index (χ4n) is 1.29. The fraction of sp³-hybridized carbons (Fsp3) is 0.455. The molecule has 0 aromatic heterocycles. The van der Waals surface area contributed by atoms with Crippen molar-refractivity contribution in [1.29, 1.82) is 0 Å². The van der Waals surface area contributed by atoms with Crippen molar-refractivity contribution in [3.8, 4) is 5.75 Å². The second kappa shape index (κ2) is 6.12. The molecule has 0 amide bonds. The zero-order chi connectivity index (χ0) is 12.9. The van der Waals surface area contributed by atoms with E-state index < -0.39 is 12.6 Å². The standard InChI is InChI=1S/C11H13ClF3NO/c12-9-3-2-8(7-16)10(6-9)17-5-1-4-11(13,14)15/h2-3,6H,1,4-5,7,16H2. The highest BCUT2D eigenvalue weighted by Gasteiger charge is 2.26. The molecule has 0 spiro atoms. The molecular weight excluding hydrogens is 255 g/mol. The zero-order valence-electron chi connectivity index (χ0n) is 9.06. The molecule has 1 rings (SSSR count). The average Bonchev–Trinajstić information content (AvgIpc) is 2.23. The molecule has 0 fully saturated rings. The summed E-state index contributed by atoms with van der Waals surface area (Å²) in [5, 5.41) is 0.466. The molecule has 6 heteroatoms. The molecule has 96 valence electrons. The van der Waals surface area contributed by atoms with Crippen molar-refractivity contribution < 1.29 is 17.9 Å². The molecule has 17 heavy (non-hydrogen) atoms. The topological polar surface area (TPSA) is 35.2 Å². The summed E-state index contributed by atoms with van der Waals surface area (Å²) in [5.41, 5.74) is 6.19. The first-order valence-electron chi connectivity index (χ1n) is 5.10. The number of ether oxygens (including phenoxy) is 1. The summed E-state index contributed by atoms with van der Waals surface area (Å²) in [7, 11) is 0. The van der Waals surface area contributed by atoms with Crippen LogP contribution in [0.3, 0.4) is 0 Å². The van der Waals surface area contributed by atoms with Gasteiger partial charge in [0.2, 0.25) is 0 Å². The smallest absolute Gasteiger partial charge is 0.389 e. The second-order valence-electron chi connectivity index (χ2n) is 3.52. The molecule has 1 aromatic carbocycles. The van der Waals surface area contributed by atoms with Crippen molar-refractivity contribution in [3.63, 3.8) is 0 Å². The molecule has 2 N–H and O–H groups in total. The number of hydrogen-bond donors (Lipinski definition) is 1. The molecule has 2 nitrogen and oxygen atoms in total. The van der Waals surface area contributed by atoms with Crippen molar-refractivity contribution in [1.82, 2.24) is 0 Å². The van der Waals surface area contributed by atoms with Gasteiger partial charge < -0.3 is 10.5 Å². The predicted octanol–water partition coefficient (Wildman–Crippen LogP) is 3.52. The molecule has 0 aliphatic heterocycles. The highest BCUT2D eigenvalue weighted by molar-refractivity contribution is 6.30. The van der Waals surface area contributed by atoms with Crippen LogP contribution < -0.4 is 10.5 Å². The van der Waals surface area contributed by atoms with Crippen molar-refractivity contribution >= 4 is 11.6 Å². The van der Waals surface area contributed by atoms with E-state index in [1.54, 1.807) is 18.2 Å². The van der Waals surface area contributed by atoms with Gasteiger partial charge in [0.15, 0.2) is 0 Å². The Labute approximate surface area is 103 Å². The third-order valence-electron chi connectivity index (χ3n) is 2.11. The molecule has 0 bridgehead atoms. The number of nitrogens with two attached hydrogens (primary N) is 1. The zero-order valence-corrected chi connectivity index (χ0v) is 9.81. The molecule has 0 saturated heterocycles. The van der Waals surface area contributed by atoms with Gasteiger partial charge in [0, 0.05) is 23.6 Å². The molecule has 0 unspecified atom stereocenters. The Bertz CT molecular complexity index is 368.